The zero-order chi connectivity index (χ0) is 14.6. The molecule has 0 bridgehead atoms. The summed E-state index contributed by atoms with van der Waals surface area (Å²) in [4.78, 5) is 24.6. The van der Waals surface area contributed by atoms with Gasteiger partial charge in [0, 0.05) is 12.7 Å². The van der Waals surface area contributed by atoms with Crippen LogP contribution in [0.3, 0.4) is 0 Å². The van der Waals surface area contributed by atoms with Crippen LogP contribution in [-0.4, -0.2) is 29.7 Å². The van der Waals surface area contributed by atoms with Gasteiger partial charge in [-0.1, -0.05) is 24.6 Å². The molecule has 0 aliphatic carbocycles. The number of nitrogens with one attached hydrogen (secondary N) is 1. The van der Waals surface area contributed by atoms with E-state index in [1.165, 1.54) is 11.8 Å². The summed E-state index contributed by atoms with van der Waals surface area (Å²) in [5.41, 5.74) is 0.559. The maximum atomic E-state index is 12.1. The fourth-order valence-electron chi connectivity index (χ4n) is 1.50. The fraction of sp³-hybridized carbons (Fsp3) is 0.429. The highest BCUT2D eigenvalue weighted by atomic mass is 16.4. The lowest BCUT2D eigenvalue weighted by Gasteiger charge is -2.28. The lowest BCUT2D eigenvalue weighted by atomic mass is 10.00. The number of aryl methyl sites for hydroxylation is 1. The van der Waals surface area contributed by atoms with Crippen LogP contribution in [0, 0.1) is 6.92 Å². The monoisotopic (exact) mass is 264 g/mol. The van der Waals surface area contributed by atoms with E-state index in [-0.39, 0.29) is 0 Å². The van der Waals surface area contributed by atoms with Gasteiger partial charge >= 0.3 is 12.0 Å². The molecule has 2 amide bonds. The third-order valence-corrected chi connectivity index (χ3v) is 3.29. The van der Waals surface area contributed by atoms with E-state index in [2.05, 4.69) is 5.32 Å². The molecule has 5 heteroatoms. The van der Waals surface area contributed by atoms with Gasteiger partial charge in [0.25, 0.3) is 0 Å². The third-order valence-electron chi connectivity index (χ3n) is 3.29. The summed E-state index contributed by atoms with van der Waals surface area (Å²) < 4.78 is 0. The zero-order valence-corrected chi connectivity index (χ0v) is 11.7. The molecule has 104 valence electrons. The number of anilines is 1. The van der Waals surface area contributed by atoms with Gasteiger partial charge in [-0.3, -0.25) is 4.90 Å². The summed E-state index contributed by atoms with van der Waals surface area (Å²) in [5.74, 6) is -1.04. The van der Waals surface area contributed by atoms with Gasteiger partial charge in [-0.15, -0.1) is 0 Å². The topological polar surface area (TPSA) is 69.6 Å². The fourth-order valence-corrected chi connectivity index (χ4v) is 1.50. The number of rotatable bonds is 4. The molecule has 19 heavy (non-hydrogen) atoms. The molecule has 0 aliphatic rings. The number of carbonyl (C=O) groups excluding carboxylic acids is 1. The Morgan fingerprint density at radius 3 is 2.26 bits per heavy atom. The second kappa shape index (κ2) is 5.73. The van der Waals surface area contributed by atoms with Gasteiger partial charge in [-0.2, -0.15) is 0 Å². The van der Waals surface area contributed by atoms with Crippen molar-refractivity contribution in [2.45, 2.75) is 32.7 Å². The van der Waals surface area contributed by atoms with Crippen molar-refractivity contribution in [3.8, 4) is 0 Å². The Kier molecular flexibility index (Phi) is 4.53. The largest absolute Gasteiger partial charge is 0.480 e. The van der Waals surface area contributed by atoms with Crippen molar-refractivity contribution in [1.29, 1.82) is 0 Å². The van der Waals surface area contributed by atoms with Gasteiger partial charge in [-0.25, -0.2) is 9.59 Å². The lowest BCUT2D eigenvalue weighted by molar-refractivity contribution is -0.143. The van der Waals surface area contributed by atoms with Crippen molar-refractivity contribution >= 4 is 17.7 Å². The van der Waals surface area contributed by atoms with Crippen molar-refractivity contribution in [2.75, 3.05) is 11.9 Å². The van der Waals surface area contributed by atoms with Crippen molar-refractivity contribution in [1.82, 2.24) is 5.32 Å². The molecule has 1 atom stereocenters. The van der Waals surface area contributed by atoms with Crippen LogP contribution in [0.5, 0.6) is 0 Å². The van der Waals surface area contributed by atoms with Crippen LogP contribution in [0.1, 0.15) is 25.8 Å². The molecule has 5 nitrogen and oxygen atoms in total. The minimum atomic E-state index is -1.25. The minimum absolute atomic E-state index is 0.315. The number of urea groups is 1. The molecule has 1 rings (SSSR count). The standard InChI is InChI=1S/C14H20N2O3/c1-5-14(3,12(17)18)15-13(19)16(4)11-8-6-10(2)7-9-11/h6-9H,5H2,1-4H3,(H,15,19)(H,17,18). The number of hydrogen-bond donors (Lipinski definition) is 2. The Bertz CT molecular complexity index is 470. The number of hydrogen-bond acceptors (Lipinski definition) is 2. The van der Waals surface area contributed by atoms with Crippen molar-refractivity contribution in [3.05, 3.63) is 29.8 Å². The van der Waals surface area contributed by atoms with Crippen LogP contribution in [0.4, 0.5) is 10.5 Å². The molecule has 0 saturated heterocycles. The normalized spacial score (nSPS) is 13.5. The molecule has 1 aromatic carbocycles. The summed E-state index contributed by atoms with van der Waals surface area (Å²) >= 11 is 0. The predicted molar refractivity (Wildman–Crippen MR) is 74.4 cm³/mol. The summed E-state index contributed by atoms with van der Waals surface area (Å²) in [5, 5.41) is 11.7. The summed E-state index contributed by atoms with van der Waals surface area (Å²) in [6.07, 6.45) is 0.315. The maximum Gasteiger partial charge on any atom is 0.329 e. The zero-order valence-electron chi connectivity index (χ0n) is 11.7. The van der Waals surface area contributed by atoms with Gasteiger partial charge in [0.2, 0.25) is 0 Å². The molecule has 0 radical (unpaired) electrons. The number of carbonyl (C=O) groups is 2. The molecule has 0 aromatic heterocycles. The predicted octanol–water partition coefficient (Wildman–Crippen LogP) is 2.39. The highest BCUT2D eigenvalue weighted by Crippen LogP contribution is 2.15. The Morgan fingerprint density at radius 1 is 1.32 bits per heavy atom. The van der Waals surface area contributed by atoms with Gasteiger partial charge in [0.1, 0.15) is 5.54 Å². The average molecular weight is 264 g/mol. The quantitative estimate of drug-likeness (QED) is 0.877. The highest BCUT2D eigenvalue weighted by Gasteiger charge is 2.33. The third kappa shape index (κ3) is 3.47. The van der Waals surface area contributed by atoms with E-state index in [9.17, 15) is 9.59 Å². The van der Waals surface area contributed by atoms with Gasteiger partial charge in [0.05, 0.1) is 0 Å². The second-order valence-electron chi connectivity index (χ2n) is 4.82. The number of aliphatic carboxylic acids is 1. The van der Waals surface area contributed by atoms with Gasteiger partial charge < -0.3 is 10.4 Å². The van der Waals surface area contributed by atoms with E-state index >= 15 is 0 Å². The summed E-state index contributed by atoms with van der Waals surface area (Å²) in [6.45, 7) is 5.18. The summed E-state index contributed by atoms with van der Waals surface area (Å²) in [7, 11) is 1.61. The van der Waals surface area contributed by atoms with E-state index < -0.39 is 17.5 Å². The molecule has 0 spiro atoms. The number of nitrogens with zero attached hydrogens (tertiary/aromatic N) is 1. The number of amides is 2. The van der Waals surface area contributed by atoms with Crippen LogP contribution >= 0.6 is 0 Å². The van der Waals surface area contributed by atoms with E-state index in [1.54, 1.807) is 14.0 Å². The molecular weight excluding hydrogens is 244 g/mol. The molecular formula is C14H20N2O3. The maximum absolute atomic E-state index is 12.1. The molecule has 1 unspecified atom stereocenters. The smallest absolute Gasteiger partial charge is 0.329 e. The van der Waals surface area contributed by atoms with E-state index in [0.29, 0.717) is 12.1 Å². The molecule has 0 aliphatic heterocycles. The number of carboxylic acids is 1. The van der Waals surface area contributed by atoms with Crippen LogP contribution in [0.2, 0.25) is 0 Å². The summed E-state index contributed by atoms with van der Waals surface area (Å²) in [6, 6.07) is 7.00. The molecule has 2 N–H and O–H groups in total. The second-order valence-corrected chi connectivity index (χ2v) is 4.82. The van der Waals surface area contributed by atoms with E-state index in [0.717, 1.165) is 5.56 Å². The molecule has 0 saturated carbocycles. The van der Waals surface area contributed by atoms with Crippen molar-refractivity contribution < 1.29 is 14.7 Å². The molecule has 0 heterocycles. The minimum Gasteiger partial charge on any atom is -0.480 e. The van der Waals surface area contributed by atoms with Gasteiger partial charge in [0.15, 0.2) is 0 Å². The molecule has 0 fully saturated rings. The molecule has 1 aromatic rings. The van der Waals surface area contributed by atoms with Crippen LogP contribution in [0.15, 0.2) is 24.3 Å². The van der Waals surface area contributed by atoms with Crippen molar-refractivity contribution in [3.63, 3.8) is 0 Å². The average Bonchev–Trinajstić information content (AvgIpc) is 2.38. The highest BCUT2D eigenvalue weighted by molar-refractivity contribution is 5.95. The van der Waals surface area contributed by atoms with E-state index in [4.69, 9.17) is 5.11 Å². The van der Waals surface area contributed by atoms with E-state index in [1.807, 2.05) is 31.2 Å². The Balaban J connectivity index is 2.83. The Morgan fingerprint density at radius 2 is 1.84 bits per heavy atom. The Labute approximate surface area is 113 Å². The van der Waals surface area contributed by atoms with Gasteiger partial charge in [-0.05, 0) is 32.4 Å². The van der Waals surface area contributed by atoms with Crippen LogP contribution in [-0.2, 0) is 4.79 Å². The Hall–Kier alpha value is -2.04. The number of benzene rings is 1. The lowest BCUT2D eigenvalue weighted by Crippen LogP contribution is -2.55. The first-order chi connectivity index (χ1) is 8.80. The first kappa shape index (κ1) is 15.0. The first-order valence-corrected chi connectivity index (χ1v) is 6.16. The van der Waals surface area contributed by atoms with Crippen LogP contribution in [0.25, 0.3) is 0 Å². The number of carboxylic acid groups (broad SMARTS) is 1. The first-order valence-electron chi connectivity index (χ1n) is 6.16. The van der Waals surface area contributed by atoms with Crippen molar-refractivity contribution in [2.24, 2.45) is 0 Å². The van der Waals surface area contributed by atoms with Crippen LogP contribution < -0.4 is 10.2 Å². The SMILES string of the molecule is CCC(C)(NC(=O)N(C)c1ccc(C)cc1)C(=O)O.